The molecule has 25 heavy (non-hydrogen) atoms. The van der Waals surface area contributed by atoms with Crippen LogP contribution in [-0.4, -0.2) is 15.4 Å². The van der Waals surface area contributed by atoms with E-state index in [0.717, 1.165) is 36.1 Å². The summed E-state index contributed by atoms with van der Waals surface area (Å²) >= 11 is 0. The first-order valence-electron chi connectivity index (χ1n) is 8.83. The summed E-state index contributed by atoms with van der Waals surface area (Å²) in [4.78, 5) is 4.64. The van der Waals surface area contributed by atoms with Crippen molar-refractivity contribution in [1.82, 2.24) is 9.38 Å². The van der Waals surface area contributed by atoms with Crippen LogP contribution in [0.4, 0.5) is 14.6 Å². The van der Waals surface area contributed by atoms with Gasteiger partial charge >= 0.3 is 0 Å². The van der Waals surface area contributed by atoms with Crippen molar-refractivity contribution in [3.05, 3.63) is 53.7 Å². The summed E-state index contributed by atoms with van der Waals surface area (Å²) in [6.07, 6.45) is 5.87. The largest absolute Gasteiger partial charge is 0.367 e. The van der Waals surface area contributed by atoms with Crippen molar-refractivity contribution < 1.29 is 8.78 Å². The molecule has 1 N–H and O–H groups in total. The first-order chi connectivity index (χ1) is 12.1. The van der Waals surface area contributed by atoms with Gasteiger partial charge in [0.15, 0.2) is 0 Å². The van der Waals surface area contributed by atoms with Crippen molar-refractivity contribution in [2.45, 2.75) is 45.1 Å². The molecule has 1 fully saturated rings. The van der Waals surface area contributed by atoms with Gasteiger partial charge in [-0.2, -0.15) is 0 Å². The number of nitrogens with zero attached hydrogens (tertiary/aromatic N) is 2. The molecule has 2 heterocycles. The van der Waals surface area contributed by atoms with Gasteiger partial charge in [0.2, 0.25) is 0 Å². The van der Waals surface area contributed by atoms with Crippen LogP contribution in [-0.2, 0) is 0 Å². The van der Waals surface area contributed by atoms with Gasteiger partial charge in [0.25, 0.3) is 0 Å². The van der Waals surface area contributed by atoms with Crippen molar-refractivity contribution in [2.75, 3.05) is 5.32 Å². The number of nitrogens with one attached hydrogen (secondary N) is 1. The molecule has 3 nitrogen and oxygen atoms in total. The zero-order valence-corrected chi connectivity index (χ0v) is 14.2. The number of halogens is 2. The van der Waals surface area contributed by atoms with E-state index in [0.29, 0.717) is 17.3 Å². The smallest absolute Gasteiger partial charge is 0.139 e. The molecule has 0 unspecified atom stereocenters. The summed E-state index contributed by atoms with van der Waals surface area (Å²) in [5.74, 6) is -0.374. The lowest BCUT2D eigenvalue weighted by molar-refractivity contribution is 0.461. The highest BCUT2D eigenvalue weighted by atomic mass is 19.1. The van der Waals surface area contributed by atoms with E-state index >= 15 is 0 Å². The predicted molar refractivity (Wildman–Crippen MR) is 95.8 cm³/mol. The van der Waals surface area contributed by atoms with Crippen LogP contribution in [0, 0.1) is 18.6 Å². The van der Waals surface area contributed by atoms with Crippen LogP contribution < -0.4 is 5.32 Å². The van der Waals surface area contributed by atoms with E-state index in [4.69, 9.17) is 0 Å². The van der Waals surface area contributed by atoms with Gasteiger partial charge < -0.3 is 5.32 Å². The van der Waals surface area contributed by atoms with Gasteiger partial charge in [-0.1, -0.05) is 25.3 Å². The number of benzene rings is 1. The number of rotatable bonds is 3. The zero-order valence-electron chi connectivity index (χ0n) is 14.2. The first-order valence-corrected chi connectivity index (χ1v) is 8.83. The van der Waals surface area contributed by atoms with Crippen molar-refractivity contribution in [2.24, 2.45) is 0 Å². The van der Waals surface area contributed by atoms with Crippen LogP contribution in [0.25, 0.3) is 16.9 Å². The average molecular weight is 341 g/mol. The molecule has 0 atom stereocenters. The van der Waals surface area contributed by atoms with Gasteiger partial charge in [-0.3, -0.25) is 4.40 Å². The number of hydrogen-bond donors (Lipinski definition) is 1. The number of imidazole rings is 1. The summed E-state index contributed by atoms with van der Waals surface area (Å²) in [6.45, 7) is 2.01. The third-order valence-corrected chi connectivity index (χ3v) is 4.97. The number of fused-ring (bicyclic) bond motifs is 1. The van der Waals surface area contributed by atoms with E-state index in [1.54, 1.807) is 0 Å². The molecular formula is C20H21F2N3. The Hall–Kier alpha value is -2.43. The quantitative estimate of drug-likeness (QED) is 0.697. The fourth-order valence-electron chi connectivity index (χ4n) is 3.70. The SMILES string of the molecule is Cc1cccc2nc(-c3ccc(F)cc3F)c(NC3CCCCC3)n12. The standard InChI is InChI=1S/C20H21F2N3/c1-13-6-5-9-18-24-19(16-11-10-14(21)12-17(16)22)20(25(13)18)23-15-7-3-2-4-8-15/h5-6,9-12,15,23H,2-4,7-8H2,1H3. The Morgan fingerprint density at radius 3 is 2.64 bits per heavy atom. The van der Waals surface area contributed by atoms with Gasteiger partial charge in [0, 0.05) is 23.4 Å². The summed E-state index contributed by atoms with van der Waals surface area (Å²) in [7, 11) is 0. The maximum Gasteiger partial charge on any atom is 0.139 e. The lowest BCUT2D eigenvalue weighted by Gasteiger charge is -2.24. The molecule has 2 aromatic heterocycles. The molecule has 5 heteroatoms. The number of aryl methyl sites for hydroxylation is 1. The first kappa shape index (κ1) is 16.1. The lowest BCUT2D eigenvalue weighted by Crippen LogP contribution is -2.23. The summed E-state index contributed by atoms with van der Waals surface area (Å²) in [6, 6.07) is 9.86. The number of anilines is 1. The molecule has 1 aliphatic carbocycles. The fourth-order valence-corrected chi connectivity index (χ4v) is 3.70. The summed E-state index contributed by atoms with van der Waals surface area (Å²) in [5.41, 5.74) is 2.65. The minimum atomic E-state index is -0.590. The zero-order chi connectivity index (χ0) is 17.4. The second-order valence-electron chi connectivity index (χ2n) is 6.77. The van der Waals surface area contributed by atoms with Gasteiger partial charge in [-0.05, 0) is 44.0 Å². The molecular weight excluding hydrogens is 320 g/mol. The van der Waals surface area contributed by atoms with Crippen LogP contribution in [0.2, 0.25) is 0 Å². The number of pyridine rings is 1. The second-order valence-corrected chi connectivity index (χ2v) is 6.77. The molecule has 3 aromatic rings. The minimum absolute atomic E-state index is 0.322. The van der Waals surface area contributed by atoms with E-state index in [9.17, 15) is 8.78 Å². The highest BCUT2D eigenvalue weighted by Gasteiger charge is 2.22. The van der Waals surface area contributed by atoms with Gasteiger partial charge in [0.1, 0.15) is 28.8 Å². The fraction of sp³-hybridized carbons (Fsp3) is 0.350. The lowest BCUT2D eigenvalue weighted by atomic mass is 9.95. The Morgan fingerprint density at radius 2 is 1.88 bits per heavy atom. The van der Waals surface area contributed by atoms with Crippen LogP contribution >= 0.6 is 0 Å². The number of hydrogen-bond acceptors (Lipinski definition) is 2. The molecule has 0 spiro atoms. The number of aromatic nitrogens is 2. The Labute approximate surface area is 145 Å². The topological polar surface area (TPSA) is 29.3 Å². The average Bonchev–Trinajstić information content (AvgIpc) is 2.95. The van der Waals surface area contributed by atoms with Crippen LogP contribution in [0.15, 0.2) is 36.4 Å². The van der Waals surface area contributed by atoms with E-state index in [2.05, 4.69) is 10.3 Å². The Kier molecular flexibility index (Phi) is 4.15. The maximum absolute atomic E-state index is 14.4. The summed E-state index contributed by atoms with van der Waals surface area (Å²) in [5, 5.41) is 3.59. The molecule has 0 aliphatic heterocycles. The summed E-state index contributed by atoms with van der Waals surface area (Å²) < 4.78 is 29.8. The highest BCUT2D eigenvalue weighted by molar-refractivity contribution is 5.77. The van der Waals surface area contributed by atoms with Crippen LogP contribution in [0.1, 0.15) is 37.8 Å². The molecule has 0 saturated heterocycles. The molecule has 1 aliphatic rings. The molecule has 130 valence electrons. The molecule has 0 radical (unpaired) electrons. The van der Waals surface area contributed by atoms with Gasteiger partial charge in [-0.15, -0.1) is 0 Å². The maximum atomic E-state index is 14.4. The van der Waals surface area contributed by atoms with Gasteiger partial charge in [0.05, 0.1) is 0 Å². The second kappa shape index (κ2) is 6.47. The molecule has 0 bridgehead atoms. The van der Waals surface area contributed by atoms with Crippen molar-refractivity contribution in [3.8, 4) is 11.3 Å². The van der Waals surface area contributed by atoms with E-state index < -0.39 is 11.6 Å². The van der Waals surface area contributed by atoms with Crippen molar-refractivity contribution >= 4 is 11.5 Å². The monoisotopic (exact) mass is 341 g/mol. The third-order valence-electron chi connectivity index (χ3n) is 4.97. The Bertz CT molecular complexity index is 911. The third kappa shape index (κ3) is 2.99. The normalized spacial score (nSPS) is 15.6. The highest BCUT2D eigenvalue weighted by Crippen LogP contribution is 2.33. The van der Waals surface area contributed by atoms with Crippen LogP contribution in [0.3, 0.4) is 0 Å². The van der Waals surface area contributed by atoms with E-state index in [1.807, 2.05) is 29.5 Å². The Balaban J connectivity index is 1.87. The van der Waals surface area contributed by atoms with Crippen molar-refractivity contribution in [3.63, 3.8) is 0 Å². The molecule has 4 rings (SSSR count). The Morgan fingerprint density at radius 1 is 1.08 bits per heavy atom. The van der Waals surface area contributed by atoms with Gasteiger partial charge in [-0.25, -0.2) is 13.8 Å². The molecule has 1 saturated carbocycles. The van der Waals surface area contributed by atoms with E-state index in [1.165, 1.54) is 31.4 Å². The minimum Gasteiger partial charge on any atom is -0.367 e. The van der Waals surface area contributed by atoms with Crippen molar-refractivity contribution in [1.29, 1.82) is 0 Å². The molecule has 1 aromatic carbocycles. The van der Waals surface area contributed by atoms with E-state index in [-0.39, 0.29) is 0 Å². The predicted octanol–water partition coefficient (Wildman–Crippen LogP) is 5.33. The van der Waals surface area contributed by atoms with Crippen LogP contribution in [0.5, 0.6) is 0 Å². The molecule has 0 amide bonds.